The first-order valence-electron chi connectivity index (χ1n) is 6.08. The van der Waals surface area contributed by atoms with E-state index >= 15 is 0 Å². The summed E-state index contributed by atoms with van der Waals surface area (Å²) in [6.07, 6.45) is 1.98. The van der Waals surface area contributed by atoms with E-state index < -0.39 is 0 Å². The number of nitrogens with two attached hydrogens (primary N) is 1. The molecule has 0 saturated heterocycles. The lowest BCUT2D eigenvalue weighted by atomic mass is 9.88. The van der Waals surface area contributed by atoms with Crippen molar-refractivity contribution in [2.24, 2.45) is 11.1 Å². The summed E-state index contributed by atoms with van der Waals surface area (Å²) in [6.45, 7) is 6.04. The molecule has 0 bridgehead atoms. The predicted octanol–water partition coefficient (Wildman–Crippen LogP) is 3.03. The van der Waals surface area contributed by atoms with Crippen molar-refractivity contribution in [3.05, 3.63) is 29.6 Å². The standard InChI is InChI=1S/C14H20FNO/c1-9-4-5-10(8-11(9)15)17-12-6-7-14(2,3)13(12)16/h4-5,8,12-13H,6-7,16H2,1-3H3. The highest BCUT2D eigenvalue weighted by Crippen LogP contribution is 2.38. The van der Waals surface area contributed by atoms with Crippen LogP contribution in [0.3, 0.4) is 0 Å². The summed E-state index contributed by atoms with van der Waals surface area (Å²) in [5.41, 5.74) is 6.89. The van der Waals surface area contributed by atoms with Gasteiger partial charge in [-0.2, -0.15) is 0 Å². The lowest BCUT2D eigenvalue weighted by molar-refractivity contribution is 0.164. The first-order chi connectivity index (χ1) is 7.90. The number of ether oxygens (including phenoxy) is 1. The summed E-state index contributed by atoms with van der Waals surface area (Å²) in [5, 5.41) is 0. The van der Waals surface area contributed by atoms with Gasteiger partial charge in [0.15, 0.2) is 0 Å². The lowest BCUT2D eigenvalue weighted by Gasteiger charge is -2.27. The second-order valence-electron chi connectivity index (χ2n) is 5.62. The Kier molecular flexibility index (Phi) is 3.13. The van der Waals surface area contributed by atoms with E-state index in [4.69, 9.17) is 10.5 Å². The molecule has 0 heterocycles. The molecule has 2 N–H and O–H groups in total. The van der Waals surface area contributed by atoms with Crippen molar-refractivity contribution in [3.63, 3.8) is 0 Å². The molecule has 2 nitrogen and oxygen atoms in total. The molecule has 0 amide bonds. The predicted molar refractivity (Wildman–Crippen MR) is 66.5 cm³/mol. The first-order valence-corrected chi connectivity index (χ1v) is 6.08. The maximum atomic E-state index is 13.4. The van der Waals surface area contributed by atoms with Crippen LogP contribution in [0.15, 0.2) is 18.2 Å². The van der Waals surface area contributed by atoms with Crippen molar-refractivity contribution >= 4 is 0 Å². The zero-order valence-electron chi connectivity index (χ0n) is 10.7. The molecular weight excluding hydrogens is 217 g/mol. The van der Waals surface area contributed by atoms with Gasteiger partial charge >= 0.3 is 0 Å². The molecule has 1 saturated carbocycles. The summed E-state index contributed by atoms with van der Waals surface area (Å²) in [4.78, 5) is 0. The van der Waals surface area contributed by atoms with E-state index in [1.54, 1.807) is 19.1 Å². The SMILES string of the molecule is Cc1ccc(OC2CCC(C)(C)C2N)cc1F. The van der Waals surface area contributed by atoms with Crippen LogP contribution in [-0.2, 0) is 0 Å². The van der Waals surface area contributed by atoms with Crippen molar-refractivity contribution in [2.75, 3.05) is 0 Å². The maximum absolute atomic E-state index is 13.4. The van der Waals surface area contributed by atoms with E-state index in [-0.39, 0.29) is 23.4 Å². The molecule has 1 aliphatic rings. The monoisotopic (exact) mass is 237 g/mol. The Labute approximate surface area is 102 Å². The van der Waals surface area contributed by atoms with Crippen LogP contribution in [0.2, 0.25) is 0 Å². The fraction of sp³-hybridized carbons (Fsp3) is 0.571. The van der Waals surface area contributed by atoms with E-state index in [9.17, 15) is 4.39 Å². The van der Waals surface area contributed by atoms with Crippen molar-refractivity contribution in [1.29, 1.82) is 0 Å². The van der Waals surface area contributed by atoms with Gasteiger partial charge in [0.2, 0.25) is 0 Å². The molecule has 1 aliphatic carbocycles. The number of rotatable bonds is 2. The van der Waals surface area contributed by atoms with Gasteiger partial charge in [-0.1, -0.05) is 19.9 Å². The van der Waals surface area contributed by atoms with E-state index in [0.29, 0.717) is 11.3 Å². The molecule has 1 fully saturated rings. The Balaban J connectivity index is 2.09. The minimum Gasteiger partial charge on any atom is -0.489 e. The van der Waals surface area contributed by atoms with Crippen LogP contribution >= 0.6 is 0 Å². The smallest absolute Gasteiger partial charge is 0.129 e. The Hall–Kier alpha value is -1.09. The van der Waals surface area contributed by atoms with Gasteiger partial charge in [-0.05, 0) is 36.8 Å². The van der Waals surface area contributed by atoms with Crippen LogP contribution in [0.5, 0.6) is 5.75 Å². The third-order valence-corrected chi connectivity index (χ3v) is 3.81. The zero-order chi connectivity index (χ0) is 12.6. The van der Waals surface area contributed by atoms with E-state index in [1.807, 2.05) is 0 Å². The molecule has 2 rings (SSSR count). The number of benzene rings is 1. The van der Waals surface area contributed by atoms with E-state index in [0.717, 1.165) is 12.8 Å². The number of aryl methyl sites for hydroxylation is 1. The van der Waals surface area contributed by atoms with E-state index in [1.165, 1.54) is 6.07 Å². The van der Waals surface area contributed by atoms with Gasteiger partial charge < -0.3 is 10.5 Å². The van der Waals surface area contributed by atoms with Gasteiger partial charge in [0.25, 0.3) is 0 Å². The number of hydrogen-bond donors (Lipinski definition) is 1. The molecule has 0 spiro atoms. The van der Waals surface area contributed by atoms with Crippen molar-refractivity contribution in [3.8, 4) is 5.75 Å². The normalized spacial score (nSPS) is 27.1. The van der Waals surface area contributed by atoms with Crippen LogP contribution in [0.4, 0.5) is 4.39 Å². The molecular formula is C14H20FNO. The number of halogens is 1. The van der Waals surface area contributed by atoms with Crippen LogP contribution < -0.4 is 10.5 Å². The molecule has 0 radical (unpaired) electrons. The second kappa shape index (κ2) is 4.30. The summed E-state index contributed by atoms with van der Waals surface area (Å²) >= 11 is 0. The molecule has 2 unspecified atom stereocenters. The van der Waals surface area contributed by atoms with Crippen molar-refractivity contribution < 1.29 is 9.13 Å². The summed E-state index contributed by atoms with van der Waals surface area (Å²) in [7, 11) is 0. The van der Waals surface area contributed by atoms with Gasteiger partial charge in [-0.15, -0.1) is 0 Å². The summed E-state index contributed by atoms with van der Waals surface area (Å²) in [5.74, 6) is 0.347. The highest BCUT2D eigenvalue weighted by molar-refractivity contribution is 5.28. The van der Waals surface area contributed by atoms with Crippen LogP contribution in [0.1, 0.15) is 32.3 Å². The topological polar surface area (TPSA) is 35.2 Å². The first kappa shape index (κ1) is 12.4. The minimum atomic E-state index is -0.228. The molecule has 0 aromatic heterocycles. The Morgan fingerprint density at radius 3 is 2.65 bits per heavy atom. The fourth-order valence-electron chi connectivity index (χ4n) is 2.32. The third kappa shape index (κ3) is 2.44. The average Bonchev–Trinajstić information content (AvgIpc) is 2.51. The van der Waals surface area contributed by atoms with Crippen LogP contribution in [0, 0.1) is 18.2 Å². The largest absolute Gasteiger partial charge is 0.489 e. The molecule has 17 heavy (non-hydrogen) atoms. The highest BCUT2D eigenvalue weighted by atomic mass is 19.1. The van der Waals surface area contributed by atoms with Crippen molar-refractivity contribution in [2.45, 2.75) is 45.8 Å². The molecule has 94 valence electrons. The summed E-state index contributed by atoms with van der Waals surface area (Å²) in [6, 6.07) is 4.98. The van der Waals surface area contributed by atoms with Gasteiger partial charge in [-0.25, -0.2) is 4.39 Å². The Morgan fingerprint density at radius 1 is 1.41 bits per heavy atom. The third-order valence-electron chi connectivity index (χ3n) is 3.81. The van der Waals surface area contributed by atoms with Crippen LogP contribution in [0.25, 0.3) is 0 Å². The number of hydrogen-bond acceptors (Lipinski definition) is 2. The maximum Gasteiger partial charge on any atom is 0.129 e. The summed E-state index contributed by atoms with van der Waals surface area (Å²) < 4.78 is 19.2. The molecule has 3 heteroatoms. The van der Waals surface area contributed by atoms with Gasteiger partial charge in [0.1, 0.15) is 17.7 Å². The molecule has 2 atom stereocenters. The highest BCUT2D eigenvalue weighted by Gasteiger charge is 2.40. The Bertz CT molecular complexity index is 417. The minimum absolute atomic E-state index is 0.00636. The molecule has 0 aliphatic heterocycles. The van der Waals surface area contributed by atoms with Crippen molar-refractivity contribution in [1.82, 2.24) is 0 Å². The lowest BCUT2D eigenvalue weighted by Crippen LogP contribution is -2.42. The molecule has 1 aromatic carbocycles. The molecule has 1 aromatic rings. The van der Waals surface area contributed by atoms with Gasteiger partial charge in [0.05, 0.1) is 0 Å². The quantitative estimate of drug-likeness (QED) is 0.858. The van der Waals surface area contributed by atoms with Gasteiger partial charge in [0, 0.05) is 12.1 Å². The second-order valence-corrected chi connectivity index (χ2v) is 5.62. The van der Waals surface area contributed by atoms with Gasteiger partial charge in [-0.3, -0.25) is 0 Å². The van der Waals surface area contributed by atoms with Crippen LogP contribution in [-0.4, -0.2) is 12.1 Å². The zero-order valence-corrected chi connectivity index (χ0v) is 10.7. The average molecular weight is 237 g/mol. The Morgan fingerprint density at radius 2 is 2.12 bits per heavy atom. The fourth-order valence-corrected chi connectivity index (χ4v) is 2.32. The van der Waals surface area contributed by atoms with E-state index in [2.05, 4.69) is 13.8 Å².